The summed E-state index contributed by atoms with van der Waals surface area (Å²) in [5, 5.41) is 0. The van der Waals surface area contributed by atoms with E-state index in [1.165, 1.54) is 39.4 Å². The van der Waals surface area contributed by atoms with Crippen LogP contribution in [-0.2, 0) is 23.0 Å². The molecule has 0 atom stereocenters. The molecule has 0 bridgehead atoms. The minimum absolute atomic E-state index is 0. The van der Waals surface area contributed by atoms with Gasteiger partial charge in [0.25, 0.3) is 0 Å². The van der Waals surface area contributed by atoms with Crippen LogP contribution in [0.25, 0.3) is 5.48 Å². The minimum atomic E-state index is 0. The molecule has 5 nitrogen and oxygen atoms in total. The van der Waals surface area contributed by atoms with Crippen LogP contribution in [0, 0.1) is 0 Å². The zero-order valence-electron chi connectivity index (χ0n) is 13.2. The van der Waals surface area contributed by atoms with Crippen molar-refractivity contribution in [2.24, 2.45) is 0 Å². The van der Waals surface area contributed by atoms with E-state index in [1.807, 2.05) is 26.0 Å². The molecule has 1 aliphatic rings. The van der Waals surface area contributed by atoms with Crippen LogP contribution in [0.1, 0.15) is 44.6 Å². The molecule has 1 aliphatic heterocycles. The fraction of sp³-hybridized carbons (Fsp3) is 0.714. The van der Waals surface area contributed by atoms with E-state index in [0.717, 1.165) is 18.1 Å². The third-order valence-electron chi connectivity index (χ3n) is 2.87. The van der Waals surface area contributed by atoms with E-state index in [0.29, 0.717) is 0 Å². The van der Waals surface area contributed by atoms with Gasteiger partial charge in [0.05, 0.1) is 6.54 Å². The SMILES string of the molecule is CC.C[N-]OOCc1ccc(CN2CCCCC2)o1.[K+]. The van der Waals surface area contributed by atoms with Gasteiger partial charge in [-0.2, -0.15) is 0 Å². The maximum Gasteiger partial charge on any atom is 1.00 e. The van der Waals surface area contributed by atoms with E-state index < -0.39 is 0 Å². The van der Waals surface area contributed by atoms with Gasteiger partial charge in [-0.15, -0.1) is 7.05 Å². The van der Waals surface area contributed by atoms with Crippen LogP contribution in [0.4, 0.5) is 0 Å². The summed E-state index contributed by atoms with van der Waals surface area (Å²) in [6.07, 6.45) is 3.94. The van der Waals surface area contributed by atoms with Crippen molar-refractivity contribution in [1.29, 1.82) is 0 Å². The van der Waals surface area contributed by atoms with Crippen molar-refractivity contribution >= 4 is 0 Å². The fourth-order valence-corrected chi connectivity index (χ4v) is 2.06. The summed E-state index contributed by atoms with van der Waals surface area (Å²) >= 11 is 0. The van der Waals surface area contributed by atoms with Crippen molar-refractivity contribution in [3.05, 3.63) is 29.1 Å². The molecule has 0 N–H and O–H groups in total. The van der Waals surface area contributed by atoms with E-state index in [-0.39, 0.29) is 58.0 Å². The molecule has 0 saturated carbocycles. The van der Waals surface area contributed by atoms with Gasteiger partial charge in [-0.25, -0.2) is 4.89 Å². The molecule has 0 aromatic carbocycles. The third-order valence-corrected chi connectivity index (χ3v) is 2.87. The number of likely N-dealkylation sites (tertiary alicyclic amines) is 1. The normalized spacial score (nSPS) is 15.2. The smallest absolute Gasteiger partial charge is 0.503 e. The minimum Gasteiger partial charge on any atom is -0.503 e. The summed E-state index contributed by atoms with van der Waals surface area (Å²) in [6, 6.07) is 3.91. The third kappa shape index (κ3) is 8.26. The molecule has 1 aromatic rings. The molecule has 0 unspecified atom stereocenters. The zero-order valence-corrected chi connectivity index (χ0v) is 16.3. The molecule has 0 radical (unpaired) electrons. The van der Waals surface area contributed by atoms with Crippen LogP contribution in [-0.4, -0.2) is 25.0 Å². The van der Waals surface area contributed by atoms with Crippen LogP contribution in [0.3, 0.4) is 0 Å². The number of hydrogen-bond acceptors (Lipinski definition) is 4. The Hall–Kier alpha value is 0.756. The van der Waals surface area contributed by atoms with Crippen molar-refractivity contribution in [1.82, 2.24) is 4.90 Å². The molecule has 110 valence electrons. The van der Waals surface area contributed by atoms with Gasteiger partial charge in [0.2, 0.25) is 0 Å². The fourth-order valence-electron chi connectivity index (χ4n) is 2.06. The quantitative estimate of drug-likeness (QED) is 0.335. The van der Waals surface area contributed by atoms with E-state index in [4.69, 9.17) is 9.30 Å². The van der Waals surface area contributed by atoms with Crippen LogP contribution < -0.4 is 51.4 Å². The predicted molar refractivity (Wildman–Crippen MR) is 74.3 cm³/mol. The molecule has 1 fully saturated rings. The first kappa shape index (κ1) is 20.8. The van der Waals surface area contributed by atoms with Crippen LogP contribution in [0.5, 0.6) is 0 Å². The van der Waals surface area contributed by atoms with Crippen molar-refractivity contribution in [3.8, 4) is 0 Å². The Labute approximate surface area is 164 Å². The molecule has 0 spiro atoms. The number of nitrogens with zero attached hydrogens (tertiary/aromatic N) is 2. The average Bonchev–Trinajstić information content (AvgIpc) is 2.90. The number of hydroxylamine groups is 1. The van der Waals surface area contributed by atoms with E-state index in [2.05, 4.69) is 15.4 Å². The van der Waals surface area contributed by atoms with Crippen LogP contribution >= 0.6 is 0 Å². The zero-order chi connectivity index (χ0) is 13.9. The Bertz CT molecular complexity index is 328. The van der Waals surface area contributed by atoms with Crippen molar-refractivity contribution in [2.45, 2.75) is 46.3 Å². The molecule has 0 amide bonds. The molecule has 20 heavy (non-hydrogen) atoms. The van der Waals surface area contributed by atoms with Crippen molar-refractivity contribution in [2.75, 3.05) is 20.1 Å². The maximum atomic E-state index is 5.64. The number of hydrogen-bond donors (Lipinski definition) is 0. The van der Waals surface area contributed by atoms with Crippen molar-refractivity contribution < 1.29 is 65.7 Å². The van der Waals surface area contributed by atoms with Crippen LogP contribution in [0.2, 0.25) is 0 Å². The maximum absolute atomic E-state index is 5.64. The summed E-state index contributed by atoms with van der Waals surface area (Å²) in [6.45, 7) is 7.52. The van der Waals surface area contributed by atoms with Gasteiger partial charge in [-0.05, 0) is 38.1 Å². The van der Waals surface area contributed by atoms with Gasteiger partial charge in [-0.3, -0.25) is 4.90 Å². The second kappa shape index (κ2) is 13.4. The summed E-state index contributed by atoms with van der Waals surface area (Å²) in [4.78, 5) is 11.7. The van der Waals surface area contributed by atoms with E-state index in [9.17, 15) is 0 Å². The van der Waals surface area contributed by atoms with Gasteiger partial charge < -0.3 is 14.9 Å². The number of rotatable bonds is 6. The average molecular weight is 308 g/mol. The summed E-state index contributed by atoms with van der Waals surface area (Å²) in [5.74, 6) is 1.75. The molecule has 6 heteroatoms. The molecule has 1 saturated heterocycles. The van der Waals surface area contributed by atoms with E-state index in [1.54, 1.807) is 0 Å². The summed E-state index contributed by atoms with van der Waals surface area (Å²) < 4.78 is 5.64. The van der Waals surface area contributed by atoms with E-state index >= 15 is 0 Å². The Morgan fingerprint density at radius 2 is 1.80 bits per heavy atom. The van der Waals surface area contributed by atoms with Gasteiger partial charge >= 0.3 is 51.4 Å². The van der Waals surface area contributed by atoms with Gasteiger partial charge in [0, 0.05) is 0 Å². The molecule has 1 aromatic heterocycles. The van der Waals surface area contributed by atoms with Crippen molar-refractivity contribution in [3.63, 3.8) is 0 Å². The first-order chi connectivity index (χ1) is 9.38. The number of piperidine rings is 1. The van der Waals surface area contributed by atoms with Gasteiger partial charge in [0.1, 0.15) is 18.1 Å². The largest absolute Gasteiger partial charge is 1.00 e. The van der Waals surface area contributed by atoms with Gasteiger partial charge in [0.15, 0.2) is 0 Å². The Morgan fingerprint density at radius 1 is 1.15 bits per heavy atom. The molecular formula is C14H25KN2O3. The predicted octanol–water partition coefficient (Wildman–Crippen LogP) is 0.662. The Kier molecular flexibility index (Phi) is 13.9. The Morgan fingerprint density at radius 3 is 2.45 bits per heavy atom. The first-order valence-corrected chi connectivity index (χ1v) is 7.06. The molecule has 2 rings (SSSR count). The standard InChI is InChI=1S/C12H19N2O3.C2H6.K/c1-13-17-15-10-12-6-5-11(16-12)9-14-7-3-2-4-8-14;1-2;/h5-6H,2-4,7-10H2,1H3;1-2H3;/q-1;;+1. The summed E-state index contributed by atoms with van der Waals surface area (Å²) in [5.41, 5.74) is 3.38. The second-order valence-electron chi connectivity index (χ2n) is 4.22. The summed E-state index contributed by atoms with van der Waals surface area (Å²) in [7, 11) is 1.52. The topological polar surface area (TPSA) is 48.9 Å². The van der Waals surface area contributed by atoms with Gasteiger partial charge in [-0.1, -0.05) is 20.3 Å². The Balaban J connectivity index is 0.00000115. The second-order valence-corrected chi connectivity index (χ2v) is 4.22. The first-order valence-electron chi connectivity index (χ1n) is 7.06. The number of furan rings is 1. The molecule has 2 heterocycles. The molecular weight excluding hydrogens is 283 g/mol. The monoisotopic (exact) mass is 308 g/mol. The molecule has 0 aliphatic carbocycles. The van der Waals surface area contributed by atoms with Crippen LogP contribution in [0.15, 0.2) is 16.5 Å².